The van der Waals surface area contributed by atoms with Gasteiger partial charge in [0.25, 0.3) is 0 Å². The smallest absolute Gasteiger partial charge is 0.231 e. The molecule has 1 aliphatic rings. The minimum Gasteiger partial charge on any atom is -0.329 e. The number of amides is 1. The number of nitrogens with two attached hydrogens (primary N) is 1. The molecule has 1 aromatic rings. The molecule has 0 spiro atoms. The van der Waals surface area contributed by atoms with Crippen LogP contribution in [0, 0.1) is 5.41 Å². The first-order valence-electron chi connectivity index (χ1n) is 6.68. The zero-order valence-electron chi connectivity index (χ0n) is 10.7. The largest absolute Gasteiger partial charge is 0.329 e. The van der Waals surface area contributed by atoms with Gasteiger partial charge in [-0.05, 0) is 25.0 Å². The third-order valence-corrected chi connectivity index (χ3v) is 3.85. The minimum absolute atomic E-state index is 0.0555. The molecular formula is C14H21N3O. The van der Waals surface area contributed by atoms with Crippen molar-refractivity contribution in [2.45, 2.75) is 38.5 Å². The molecule has 2 rings (SSSR count). The lowest BCUT2D eigenvalue weighted by molar-refractivity contribution is -0.125. The van der Waals surface area contributed by atoms with Gasteiger partial charge in [0.05, 0.1) is 17.3 Å². The zero-order chi connectivity index (χ0) is 12.8. The number of carbonyl (C=O) groups excluding carboxylic acids is 1. The molecule has 3 N–H and O–H groups in total. The molecule has 1 heterocycles. The lowest BCUT2D eigenvalue weighted by atomic mass is 9.79. The third kappa shape index (κ3) is 2.88. The van der Waals surface area contributed by atoms with Gasteiger partial charge in [-0.15, -0.1) is 0 Å². The molecule has 0 radical (unpaired) electrons. The predicted molar refractivity (Wildman–Crippen MR) is 72.1 cm³/mol. The van der Waals surface area contributed by atoms with E-state index in [1.54, 1.807) is 12.4 Å². The van der Waals surface area contributed by atoms with Crippen LogP contribution in [0.5, 0.6) is 0 Å². The van der Waals surface area contributed by atoms with E-state index >= 15 is 0 Å². The molecule has 1 aliphatic carbocycles. The van der Waals surface area contributed by atoms with Crippen molar-refractivity contribution in [3.63, 3.8) is 0 Å². The lowest BCUT2D eigenvalue weighted by Gasteiger charge is -2.29. The van der Waals surface area contributed by atoms with E-state index in [-0.39, 0.29) is 11.3 Å². The number of hydrogen-bond acceptors (Lipinski definition) is 3. The highest BCUT2D eigenvalue weighted by atomic mass is 16.2. The molecule has 1 fully saturated rings. The molecule has 0 aliphatic heterocycles. The summed E-state index contributed by atoms with van der Waals surface area (Å²) in [6, 6.07) is 3.67. The van der Waals surface area contributed by atoms with E-state index in [0.717, 1.165) is 31.4 Å². The Kier molecular flexibility index (Phi) is 4.31. The Bertz CT molecular complexity index is 383. The van der Waals surface area contributed by atoms with Crippen LogP contribution in [0.2, 0.25) is 0 Å². The van der Waals surface area contributed by atoms with Gasteiger partial charge in [0, 0.05) is 12.7 Å². The molecule has 1 saturated carbocycles. The van der Waals surface area contributed by atoms with Crippen LogP contribution in [0.1, 0.15) is 38.5 Å². The average Bonchev–Trinajstić information content (AvgIpc) is 2.66. The molecule has 0 unspecified atom stereocenters. The fourth-order valence-corrected chi connectivity index (χ4v) is 2.63. The van der Waals surface area contributed by atoms with Crippen molar-refractivity contribution in [2.24, 2.45) is 11.1 Å². The topological polar surface area (TPSA) is 68.0 Å². The predicted octanol–water partition coefficient (Wildman–Crippen LogP) is 2.32. The summed E-state index contributed by atoms with van der Waals surface area (Å²) in [5, 5.41) is 2.95. The second-order valence-electron chi connectivity index (χ2n) is 5.09. The van der Waals surface area contributed by atoms with Crippen LogP contribution in [0.15, 0.2) is 24.5 Å². The van der Waals surface area contributed by atoms with E-state index in [0.29, 0.717) is 6.54 Å². The second-order valence-corrected chi connectivity index (χ2v) is 5.09. The summed E-state index contributed by atoms with van der Waals surface area (Å²) in [4.78, 5) is 16.5. The van der Waals surface area contributed by atoms with Crippen molar-refractivity contribution in [1.82, 2.24) is 4.98 Å². The molecule has 4 heteroatoms. The van der Waals surface area contributed by atoms with Crippen molar-refractivity contribution in [2.75, 3.05) is 11.9 Å². The van der Waals surface area contributed by atoms with Gasteiger partial charge in [-0.1, -0.05) is 25.7 Å². The zero-order valence-corrected chi connectivity index (χ0v) is 10.7. The summed E-state index contributed by atoms with van der Waals surface area (Å²) in [5.74, 6) is 0.0555. The molecule has 0 atom stereocenters. The highest BCUT2D eigenvalue weighted by Crippen LogP contribution is 2.35. The Morgan fingerprint density at radius 2 is 2.06 bits per heavy atom. The molecular weight excluding hydrogens is 226 g/mol. The van der Waals surface area contributed by atoms with E-state index in [2.05, 4.69) is 10.3 Å². The maximum absolute atomic E-state index is 12.5. The Morgan fingerprint density at radius 3 is 2.61 bits per heavy atom. The van der Waals surface area contributed by atoms with Crippen LogP contribution in [-0.4, -0.2) is 17.4 Å². The first-order valence-corrected chi connectivity index (χ1v) is 6.68. The van der Waals surface area contributed by atoms with Crippen LogP contribution < -0.4 is 11.1 Å². The van der Waals surface area contributed by atoms with E-state index in [1.165, 1.54) is 12.8 Å². The minimum atomic E-state index is -0.383. The first kappa shape index (κ1) is 13.0. The highest BCUT2D eigenvalue weighted by molar-refractivity contribution is 5.95. The quantitative estimate of drug-likeness (QED) is 0.805. The molecule has 0 aromatic carbocycles. The van der Waals surface area contributed by atoms with E-state index in [1.807, 2.05) is 12.1 Å². The summed E-state index contributed by atoms with van der Waals surface area (Å²) in [6.07, 6.45) is 9.77. The fourth-order valence-electron chi connectivity index (χ4n) is 2.63. The molecule has 1 aromatic heterocycles. The number of aromatic nitrogens is 1. The van der Waals surface area contributed by atoms with Gasteiger partial charge in [-0.2, -0.15) is 0 Å². The Balaban J connectivity index is 2.09. The van der Waals surface area contributed by atoms with E-state index in [9.17, 15) is 4.79 Å². The van der Waals surface area contributed by atoms with Crippen molar-refractivity contribution < 1.29 is 4.79 Å². The van der Waals surface area contributed by atoms with Gasteiger partial charge in [0.15, 0.2) is 0 Å². The molecule has 0 saturated heterocycles. The summed E-state index contributed by atoms with van der Waals surface area (Å²) in [6.45, 7) is 0.430. The van der Waals surface area contributed by atoms with Crippen molar-refractivity contribution in [1.29, 1.82) is 0 Å². The van der Waals surface area contributed by atoms with Gasteiger partial charge in [0.2, 0.25) is 5.91 Å². The van der Waals surface area contributed by atoms with Crippen LogP contribution >= 0.6 is 0 Å². The number of anilines is 1. The second kappa shape index (κ2) is 5.96. The SMILES string of the molecule is NCC1(C(=O)Nc2cccnc2)CCCCCC1. The van der Waals surface area contributed by atoms with Crippen molar-refractivity contribution in [3.8, 4) is 0 Å². The number of hydrogen-bond donors (Lipinski definition) is 2. The third-order valence-electron chi connectivity index (χ3n) is 3.85. The monoisotopic (exact) mass is 247 g/mol. The number of pyridine rings is 1. The first-order chi connectivity index (χ1) is 8.77. The highest BCUT2D eigenvalue weighted by Gasteiger charge is 2.37. The Hall–Kier alpha value is -1.42. The standard InChI is InChI=1S/C14H21N3O/c15-11-14(7-3-1-2-4-8-14)13(18)17-12-6-5-9-16-10-12/h5-6,9-10H,1-4,7-8,11,15H2,(H,17,18). The summed E-state index contributed by atoms with van der Waals surface area (Å²) >= 11 is 0. The molecule has 18 heavy (non-hydrogen) atoms. The molecule has 98 valence electrons. The number of nitrogens with zero attached hydrogens (tertiary/aromatic N) is 1. The summed E-state index contributed by atoms with van der Waals surface area (Å²) in [5.41, 5.74) is 6.25. The Morgan fingerprint density at radius 1 is 1.33 bits per heavy atom. The van der Waals surface area contributed by atoms with Gasteiger partial charge in [-0.3, -0.25) is 9.78 Å². The van der Waals surface area contributed by atoms with Crippen LogP contribution in [-0.2, 0) is 4.79 Å². The summed E-state index contributed by atoms with van der Waals surface area (Å²) in [7, 11) is 0. The number of rotatable bonds is 3. The molecule has 0 bridgehead atoms. The van der Waals surface area contributed by atoms with Crippen LogP contribution in [0.3, 0.4) is 0 Å². The maximum Gasteiger partial charge on any atom is 0.231 e. The number of nitrogens with one attached hydrogen (secondary N) is 1. The van der Waals surface area contributed by atoms with Crippen LogP contribution in [0.25, 0.3) is 0 Å². The lowest BCUT2D eigenvalue weighted by Crippen LogP contribution is -2.42. The van der Waals surface area contributed by atoms with Gasteiger partial charge in [0.1, 0.15) is 0 Å². The maximum atomic E-state index is 12.5. The normalized spacial score (nSPS) is 18.9. The number of carbonyl (C=O) groups is 1. The molecule has 1 amide bonds. The van der Waals surface area contributed by atoms with Gasteiger partial charge in [-0.25, -0.2) is 0 Å². The average molecular weight is 247 g/mol. The van der Waals surface area contributed by atoms with E-state index < -0.39 is 0 Å². The Labute approximate surface area is 108 Å². The fraction of sp³-hybridized carbons (Fsp3) is 0.571. The van der Waals surface area contributed by atoms with Gasteiger partial charge >= 0.3 is 0 Å². The van der Waals surface area contributed by atoms with Crippen molar-refractivity contribution in [3.05, 3.63) is 24.5 Å². The van der Waals surface area contributed by atoms with Gasteiger partial charge < -0.3 is 11.1 Å². The van der Waals surface area contributed by atoms with Crippen LogP contribution in [0.4, 0.5) is 5.69 Å². The van der Waals surface area contributed by atoms with Crippen molar-refractivity contribution >= 4 is 11.6 Å². The van der Waals surface area contributed by atoms with E-state index in [4.69, 9.17) is 5.73 Å². The summed E-state index contributed by atoms with van der Waals surface area (Å²) < 4.78 is 0. The molecule has 4 nitrogen and oxygen atoms in total.